The average Bonchev–Trinajstić information content (AvgIpc) is 1.36. The van der Waals surface area contributed by atoms with Gasteiger partial charge in [0.1, 0.15) is 0 Å². The van der Waals surface area contributed by atoms with Crippen LogP contribution >= 0.6 is 0 Å². The van der Waals surface area contributed by atoms with Gasteiger partial charge in [0.2, 0.25) is 0 Å². The molecule has 0 unspecified atom stereocenters. The molecule has 0 heterocycles. The Morgan fingerprint density at radius 2 is 1.10 bits per heavy atom. The van der Waals surface area contributed by atoms with Crippen LogP contribution in [0.1, 0.15) is 0 Å². The van der Waals surface area contributed by atoms with Crippen LogP contribution in [0, 0.1) is 0 Å². The van der Waals surface area contributed by atoms with Crippen molar-refractivity contribution >= 4 is 35.0 Å². The maximum absolute atomic E-state index is 8.93. The molecule has 4 nitrogen and oxygen atoms in total. The molecule has 0 aliphatic rings. The number of rotatable bonds is 0. The van der Waals surface area contributed by atoms with Gasteiger partial charge in [-0.25, -0.2) is 0 Å². The third-order valence-electron chi connectivity index (χ3n) is 0.167. The van der Waals surface area contributed by atoms with E-state index in [1.165, 1.54) is 0 Å². The van der Waals surface area contributed by atoms with Crippen LogP contribution in [0.4, 0.5) is 0 Å². The first-order valence-electron chi connectivity index (χ1n) is 1.07. The molecule has 0 aromatic heterocycles. The molecule has 0 saturated heterocycles. The zero-order valence-corrected chi connectivity index (χ0v) is 9.61. The Kier molecular flexibility index (Phi) is 50.5. The second kappa shape index (κ2) is 16.7. The van der Waals surface area contributed by atoms with Gasteiger partial charge in [0.25, 0.3) is 0 Å². The topological polar surface area (TPSA) is 80.3 Å². The molecular weight excluding hydrogens is 274 g/mol. The third-order valence-corrected chi connectivity index (χ3v) is 0.167. The minimum atomic E-state index is -2.19. The molecule has 10 heavy (non-hydrogen) atoms. The first-order valence-corrected chi connectivity index (χ1v) is 1.07. The van der Waals surface area contributed by atoms with Crippen LogP contribution in [-0.2, 0) is 62.3 Å². The summed E-state index contributed by atoms with van der Waals surface area (Å²) in [6.07, 6.45) is 0. The van der Waals surface area contributed by atoms with Crippen molar-refractivity contribution in [3.8, 4) is 0 Å². The second-order valence-corrected chi connectivity index (χ2v) is 0.575. The van der Waals surface area contributed by atoms with E-state index in [0.717, 1.165) is 0 Å². The molecule has 0 rings (SSSR count). The van der Waals surface area contributed by atoms with E-state index in [1.54, 1.807) is 0 Å². The number of carbonyl (C=O) groups is 2. The Morgan fingerprint density at radius 1 is 1.00 bits per heavy atom. The summed E-state index contributed by atoms with van der Waals surface area (Å²) in [5.41, 5.74) is 0. The predicted molar refractivity (Wildman–Crippen MR) is 15.8 cm³/mol. The molecule has 0 amide bonds. The summed E-state index contributed by atoms with van der Waals surface area (Å²) in [5.74, 6) is -4.37. The van der Waals surface area contributed by atoms with E-state index in [4.69, 9.17) is 19.8 Å². The number of carbonyl (C=O) groups excluding carboxylic acids is 2. The Hall–Kier alpha value is 1.33. The van der Waals surface area contributed by atoms with Crippen LogP contribution in [-0.4, -0.2) is 35.0 Å². The van der Waals surface area contributed by atoms with Crippen molar-refractivity contribution in [1.29, 1.82) is 0 Å². The molecule has 0 aromatic carbocycles. The molecule has 2 radical (unpaired) electrons. The Labute approximate surface area is 106 Å². The van der Waals surface area contributed by atoms with Crippen LogP contribution < -0.4 is 10.2 Å². The SMILES string of the molecule is O=C([O-])C(=O)[O-].[Fe+2].[Mg+2].[Mn+2].[V]. The predicted octanol–water partition coefficient (Wildman–Crippen LogP) is -3.90. The van der Waals surface area contributed by atoms with Crippen molar-refractivity contribution in [3.05, 3.63) is 0 Å². The van der Waals surface area contributed by atoms with E-state index in [-0.39, 0.29) is 75.7 Å². The maximum atomic E-state index is 8.93. The first kappa shape index (κ1) is 30.2. The van der Waals surface area contributed by atoms with Gasteiger partial charge in [0.05, 0.1) is 11.9 Å². The van der Waals surface area contributed by atoms with E-state index in [2.05, 4.69) is 0 Å². The largest absolute Gasteiger partial charge is 2.00 e. The molecule has 0 saturated carbocycles. The first-order chi connectivity index (χ1) is 2.64. The molecule has 50 valence electrons. The van der Waals surface area contributed by atoms with Crippen molar-refractivity contribution in [1.82, 2.24) is 0 Å². The smallest absolute Gasteiger partial charge is 0.543 e. The number of carboxylic acids is 2. The van der Waals surface area contributed by atoms with E-state index in [0.29, 0.717) is 0 Å². The van der Waals surface area contributed by atoms with E-state index >= 15 is 0 Å². The number of hydrogen-bond acceptors (Lipinski definition) is 4. The summed E-state index contributed by atoms with van der Waals surface area (Å²) in [5, 5.41) is 17.9. The molecule has 0 atom stereocenters. The maximum Gasteiger partial charge on any atom is 2.00 e. The van der Waals surface area contributed by atoms with Gasteiger partial charge in [-0.3, -0.25) is 0 Å². The average molecular weight is 274 g/mol. The fourth-order valence-corrected chi connectivity index (χ4v) is 0. The Morgan fingerprint density at radius 3 is 1.10 bits per heavy atom. The minimum absolute atomic E-state index is 0. The molecule has 0 bridgehead atoms. The quantitative estimate of drug-likeness (QED) is 0.334. The van der Waals surface area contributed by atoms with Gasteiger partial charge in [0, 0.05) is 18.6 Å². The van der Waals surface area contributed by atoms with Gasteiger partial charge >= 0.3 is 57.2 Å². The van der Waals surface area contributed by atoms with E-state index in [1.807, 2.05) is 0 Å². The molecular formula is C2FeMgMnO4V+4. The zero-order chi connectivity index (χ0) is 5.15. The van der Waals surface area contributed by atoms with Crippen LogP contribution in [0.5, 0.6) is 0 Å². The summed E-state index contributed by atoms with van der Waals surface area (Å²) in [7, 11) is 0. The molecule has 0 aliphatic heterocycles. The van der Waals surface area contributed by atoms with Crippen LogP contribution in [0.15, 0.2) is 0 Å². The molecule has 8 heteroatoms. The van der Waals surface area contributed by atoms with E-state index in [9.17, 15) is 0 Å². The number of aliphatic carboxylic acids is 2. The van der Waals surface area contributed by atoms with Gasteiger partial charge in [-0.1, -0.05) is 0 Å². The van der Waals surface area contributed by atoms with Gasteiger partial charge in [-0.2, -0.15) is 0 Å². The van der Waals surface area contributed by atoms with Crippen molar-refractivity contribution < 1.29 is 72.5 Å². The Balaban J connectivity index is -0.0000000208. The summed E-state index contributed by atoms with van der Waals surface area (Å²) < 4.78 is 0. The van der Waals surface area contributed by atoms with Crippen molar-refractivity contribution in [2.45, 2.75) is 0 Å². The van der Waals surface area contributed by atoms with Crippen LogP contribution in [0.3, 0.4) is 0 Å². The minimum Gasteiger partial charge on any atom is -0.543 e. The number of hydrogen-bond donors (Lipinski definition) is 0. The van der Waals surface area contributed by atoms with Crippen LogP contribution in [0.25, 0.3) is 0 Å². The third kappa shape index (κ3) is 22.8. The molecule has 0 N–H and O–H groups in total. The summed E-state index contributed by atoms with van der Waals surface area (Å²) in [6.45, 7) is 0. The standard InChI is InChI=1S/C2H2O4.Fe.Mg.Mn.V/c3-1(4)2(5)6;;;;/h(H,3,4)(H,5,6);;;;/q;3*+2;/p-2. The fourth-order valence-electron chi connectivity index (χ4n) is 0. The van der Waals surface area contributed by atoms with Crippen molar-refractivity contribution in [2.75, 3.05) is 0 Å². The molecule has 0 aliphatic carbocycles. The van der Waals surface area contributed by atoms with Gasteiger partial charge in [0.15, 0.2) is 0 Å². The summed E-state index contributed by atoms with van der Waals surface area (Å²) in [4.78, 5) is 17.9. The number of carboxylic acid groups (broad SMARTS) is 2. The van der Waals surface area contributed by atoms with Gasteiger partial charge < -0.3 is 19.8 Å². The van der Waals surface area contributed by atoms with Gasteiger partial charge in [-0.05, 0) is 0 Å². The van der Waals surface area contributed by atoms with Gasteiger partial charge in [-0.15, -0.1) is 0 Å². The van der Waals surface area contributed by atoms with E-state index < -0.39 is 11.9 Å². The second-order valence-electron chi connectivity index (χ2n) is 0.575. The monoisotopic (exact) mass is 274 g/mol. The van der Waals surface area contributed by atoms with Crippen molar-refractivity contribution in [2.24, 2.45) is 0 Å². The summed E-state index contributed by atoms with van der Waals surface area (Å²) in [6, 6.07) is 0. The molecule has 0 spiro atoms. The fraction of sp³-hybridized carbons (Fsp3) is 0. The van der Waals surface area contributed by atoms with Crippen LogP contribution in [0.2, 0.25) is 0 Å². The Bertz CT molecular complexity index is 89.3. The normalized spacial score (nSPS) is 4.40. The van der Waals surface area contributed by atoms with Crippen molar-refractivity contribution in [3.63, 3.8) is 0 Å². The summed E-state index contributed by atoms with van der Waals surface area (Å²) >= 11 is 0. The molecule has 0 fully saturated rings. The zero-order valence-electron chi connectivity index (χ0n) is 4.52. The molecule has 0 aromatic rings.